The van der Waals surface area contributed by atoms with Crippen LogP contribution in [0.15, 0.2) is 4.42 Å². The van der Waals surface area contributed by atoms with Crippen molar-refractivity contribution in [1.29, 1.82) is 0 Å². The average molecular weight is 241 g/mol. The molecule has 6 heteroatoms. The van der Waals surface area contributed by atoms with Crippen LogP contribution in [0.5, 0.6) is 0 Å². The van der Waals surface area contributed by atoms with Crippen LogP contribution in [-0.2, 0) is 17.7 Å². The third kappa shape index (κ3) is 3.24. The first-order chi connectivity index (χ1) is 8.21. The molecule has 1 fully saturated rings. The van der Waals surface area contributed by atoms with Crippen molar-refractivity contribution < 1.29 is 14.3 Å². The summed E-state index contributed by atoms with van der Waals surface area (Å²) in [5, 5.41) is 17.1. The van der Waals surface area contributed by atoms with Gasteiger partial charge in [0.1, 0.15) is 0 Å². The molecule has 0 amide bonds. The van der Waals surface area contributed by atoms with Crippen LogP contribution in [0.1, 0.15) is 25.6 Å². The summed E-state index contributed by atoms with van der Waals surface area (Å²) in [4.78, 5) is 2.17. The monoisotopic (exact) mass is 241 g/mol. The number of hydrogen-bond acceptors (Lipinski definition) is 6. The van der Waals surface area contributed by atoms with Crippen LogP contribution in [0, 0.1) is 0 Å². The summed E-state index contributed by atoms with van der Waals surface area (Å²) >= 11 is 0. The van der Waals surface area contributed by atoms with Gasteiger partial charge in [0, 0.05) is 19.5 Å². The molecule has 0 bridgehead atoms. The van der Waals surface area contributed by atoms with Crippen LogP contribution in [-0.4, -0.2) is 52.1 Å². The Hall–Kier alpha value is -0.980. The van der Waals surface area contributed by atoms with Gasteiger partial charge in [-0.15, -0.1) is 10.2 Å². The predicted molar refractivity (Wildman–Crippen MR) is 60.4 cm³/mol. The van der Waals surface area contributed by atoms with Crippen molar-refractivity contribution >= 4 is 0 Å². The number of hydrogen-bond donors (Lipinski definition) is 1. The number of nitrogens with zero attached hydrogens (tertiary/aromatic N) is 3. The molecule has 1 N–H and O–H groups in total. The first kappa shape index (κ1) is 12.5. The molecule has 6 nitrogen and oxygen atoms in total. The molecule has 1 saturated heterocycles. The molecule has 1 aliphatic rings. The first-order valence-electron chi connectivity index (χ1n) is 6.01. The normalized spacial score (nSPS) is 26.3. The van der Waals surface area contributed by atoms with Crippen molar-refractivity contribution in [2.24, 2.45) is 0 Å². The Morgan fingerprint density at radius 3 is 2.76 bits per heavy atom. The summed E-state index contributed by atoms with van der Waals surface area (Å²) in [6, 6.07) is 0. The molecule has 1 aliphatic heterocycles. The van der Waals surface area contributed by atoms with Crippen molar-refractivity contribution in [3.8, 4) is 0 Å². The van der Waals surface area contributed by atoms with E-state index in [1.54, 1.807) is 0 Å². The van der Waals surface area contributed by atoms with Crippen molar-refractivity contribution in [2.75, 3.05) is 19.7 Å². The fourth-order valence-corrected chi connectivity index (χ4v) is 2.06. The molecule has 2 unspecified atom stereocenters. The molecule has 0 saturated carbocycles. The third-order valence-electron chi connectivity index (χ3n) is 2.78. The van der Waals surface area contributed by atoms with Crippen LogP contribution in [0.3, 0.4) is 0 Å². The summed E-state index contributed by atoms with van der Waals surface area (Å²) in [7, 11) is 0. The molecule has 2 heterocycles. The van der Waals surface area contributed by atoms with Crippen molar-refractivity contribution in [2.45, 2.75) is 39.0 Å². The second-order valence-electron chi connectivity index (χ2n) is 4.39. The van der Waals surface area contributed by atoms with Crippen molar-refractivity contribution in [3.63, 3.8) is 0 Å². The zero-order chi connectivity index (χ0) is 12.3. The molecule has 96 valence electrons. The Morgan fingerprint density at radius 2 is 2.12 bits per heavy atom. The highest BCUT2D eigenvalue weighted by molar-refractivity contribution is 4.84. The maximum atomic E-state index is 9.13. The number of rotatable bonds is 4. The van der Waals surface area contributed by atoms with E-state index in [1.807, 2.05) is 13.8 Å². The number of morpholine rings is 1. The van der Waals surface area contributed by atoms with E-state index >= 15 is 0 Å². The van der Waals surface area contributed by atoms with E-state index in [-0.39, 0.29) is 18.8 Å². The number of aromatic nitrogens is 2. The zero-order valence-corrected chi connectivity index (χ0v) is 10.3. The Bertz CT molecular complexity index is 355. The topological polar surface area (TPSA) is 71.6 Å². The van der Waals surface area contributed by atoms with Gasteiger partial charge in [-0.3, -0.25) is 4.90 Å². The summed E-state index contributed by atoms with van der Waals surface area (Å²) in [6.07, 6.45) is 0.757. The second kappa shape index (κ2) is 5.57. The number of ether oxygens (including phenoxy) is 1. The molecule has 0 radical (unpaired) electrons. The van der Waals surface area contributed by atoms with Gasteiger partial charge in [-0.25, -0.2) is 0 Å². The molecular formula is C11H19N3O3. The minimum atomic E-state index is -0.118. The number of aliphatic hydroxyl groups is 1. The SMILES string of the molecule is CCc1nnc(CN2CC(C)OC(CO)C2)o1. The fraction of sp³-hybridized carbons (Fsp3) is 0.818. The van der Waals surface area contributed by atoms with Gasteiger partial charge in [0.2, 0.25) is 11.8 Å². The highest BCUT2D eigenvalue weighted by Crippen LogP contribution is 2.13. The Kier molecular flexibility index (Phi) is 4.09. The molecule has 0 spiro atoms. The van der Waals surface area contributed by atoms with E-state index in [0.717, 1.165) is 13.0 Å². The first-order valence-corrected chi connectivity index (χ1v) is 6.01. The van der Waals surface area contributed by atoms with E-state index in [1.165, 1.54) is 0 Å². The highest BCUT2D eigenvalue weighted by atomic mass is 16.5. The summed E-state index contributed by atoms with van der Waals surface area (Å²) in [5.41, 5.74) is 0. The predicted octanol–water partition coefficient (Wildman–Crippen LogP) is 0.214. The van der Waals surface area contributed by atoms with Gasteiger partial charge < -0.3 is 14.3 Å². The quantitative estimate of drug-likeness (QED) is 0.812. The number of aliphatic hydroxyl groups excluding tert-OH is 1. The summed E-state index contributed by atoms with van der Waals surface area (Å²) < 4.78 is 11.0. The van der Waals surface area contributed by atoms with Gasteiger partial charge >= 0.3 is 0 Å². The molecule has 0 aliphatic carbocycles. The molecule has 0 aromatic carbocycles. The van der Waals surface area contributed by atoms with E-state index in [9.17, 15) is 0 Å². The standard InChI is InChI=1S/C11H19N3O3/c1-3-10-12-13-11(17-10)6-14-4-8(2)16-9(5-14)7-15/h8-9,15H,3-7H2,1-2H3. The average Bonchev–Trinajstić information content (AvgIpc) is 2.76. The van der Waals surface area contributed by atoms with Gasteiger partial charge in [0.15, 0.2) is 0 Å². The van der Waals surface area contributed by atoms with Gasteiger partial charge in [-0.2, -0.15) is 0 Å². The molecule has 1 aromatic heterocycles. The van der Waals surface area contributed by atoms with E-state index in [2.05, 4.69) is 15.1 Å². The molecule has 1 aromatic rings. The third-order valence-corrected chi connectivity index (χ3v) is 2.78. The van der Waals surface area contributed by atoms with Crippen molar-refractivity contribution in [3.05, 3.63) is 11.8 Å². The number of aryl methyl sites for hydroxylation is 1. The van der Waals surface area contributed by atoms with Gasteiger partial charge in [0.25, 0.3) is 0 Å². The molecule has 2 atom stereocenters. The van der Waals surface area contributed by atoms with E-state index in [0.29, 0.717) is 24.9 Å². The largest absolute Gasteiger partial charge is 0.424 e. The van der Waals surface area contributed by atoms with Crippen LogP contribution in [0.25, 0.3) is 0 Å². The molecule has 2 rings (SSSR count). The van der Waals surface area contributed by atoms with Gasteiger partial charge in [0.05, 0.1) is 25.4 Å². The fourth-order valence-electron chi connectivity index (χ4n) is 2.06. The lowest BCUT2D eigenvalue weighted by Gasteiger charge is -2.35. The minimum absolute atomic E-state index is 0.0465. The molecular weight excluding hydrogens is 222 g/mol. The lowest BCUT2D eigenvalue weighted by atomic mass is 10.2. The lowest BCUT2D eigenvalue weighted by molar-refractivity contribution is -0.0986. The highest BCUT2D eigenvalue weighted by Gasteiger charge is 2.25. The Labute approximate surface area is 101 Å². The van der Waals surface area contributed by atoms with Crippen LogP contribution >= 0.6 is 0 Å². The van der Waals surface area contributed by atoms with Crippen LogP contribution in [0.4, 0.5) is 0 Å². The van der Waals surface area contributed by atoms with Crippen molar-refractivity contribution in [1.82, 2.24) is 15.1 Å². The zero-order valence-electron chi connectivity index (χ0n) is 10.3. The minimum Gasteiger partial charge on any atom is -0.424 e. The van der Waals surface area contributed by atoms with Crippen LogP contribution in [0.2, 0.25) is 0 Å². The Balaban J connectivity index is 1.93. The van der Waals surface area contributed by atoms with Crippen LogP contribution < -0.4 is 0 Å². The maximum Gasteiger partial charge on any atom is 0.230 e. The van der Waals surface area contributed by atoms with Gasteiger partial charge in [-0.05, 0) is 6.92 Å². The van der Waals surface area contributed by atoms with E-state index < -0.39 is 0 Å². The smallest absolute Gasteiger partial charge is 0.230 e. The summed E-state index contributed by atoms with van der Waals surface area (Å²) in [6.45, 7) is 6.17. The van der Waals surface area contributed by atoms with Gasteiger partial charge in [-0.1, -0.05) is 6.92 Å². The Morgan fingerprint density at radius 1 is 1.35 bits per heavy atom. The lowest BCUT2D eigenvalue weighted by Crippen LogP contribution is -2.47. The second-order valence-corrected chi connectivity index (χ2v) is 4.39. The maximum absolute atomic E-state index is 9.13. The molecule has 17 heavy (non-hydrogen) atoms. The van der Waals surface area contributed by atoms with E-state index in [4.69, 9.17) is 14.3 Å². The summed E-state index contributed by atoms with van der Waals surface area (Å²) in [5.74, 6) is 1.30.